The number of hydrogen-bond donors (Lipinski definition) is 2. The lowest BCUT2D eigenvalue weighted by molar-refractivity contribution is -0.144. The fraction of sp³-hybridized carbons (Fsp3) is 0.467. The van der Waals surface area contributed by atoms with E-state index in [9.17, 15) is 14.7 Å². The van der Waals surface area contributed by atoms with Gasteiger partial charge in [-0.25, -0.2) is 9.59 Å². The zero-order valence-electron chi connectivity index (χ0n) is 11.8. The molecule has 0 aliphatic heterocycles. The van der Waals surface area contributed by atoms with Crippen molar-refractivity contribution in [3.63, 3.8) is 0 Å². The van der Waals surface area contributed by atoms with E-state index in [4.69, 9.17) is 0 Å². The second-order valence-corrected chi connectivity index (χ2v) is 5.24. The predicted octanol–water partition coefficient (Wildman–Crippen LogP) is 2.18. The van der Waals surface area contributed by atoms with Crippen LogP contribution in [0.2, 0.25) is 0 Å². The average molecular weight is 276 g/mol. The highest BCUT2D eigenvalue weighted by Gasteiger charge is 2.40. The summed E-state index contributed by atoms with van der Waals surface area (Å²) in [6, 6.07) is 8.71. The van der Waals surface area contributed by atoms with Gasteiger partial charge < -0.3 is 15.3 Å². The van der Waals surface area contributed by atoms with Crippen molar-refractivity contribution < 1.29 is 14.7 Å². The van der Waals surface area contributed by atoms with Gasteiger partial charge in [0.1, 0.15) is 0 Å². The molecule has 1 aliphatic rings. The molecule has 0 spiro atoms. The van der Waals surface area contributed by atoms with Gasteiger partial charge in [-0.2, -0.15) is 0 Å². The average Bonchev–Trinajstić information content (AvgIpc) is 3.25. The summed E-state index contributed by atoms with van der Waals surface area (Å²) >= 11 is 0. The van der Waals surface area contributed by atoms with Crippen molar-refractivity contribution in [1.29, 1.82) is 0 Å². The highest BCUT2D eigenvalue weighted by Crippen LogP contribution is 2.28. The number of carbonyl (C=O) groups is 2. The van der Waals surface area contributed by atoms with E-state index >= 15 is 0 Å². The summed E-state index contributed by atoms with van der Waals surface area (Å²) in [6.07, 6.45) is 1.99. The molecule has 108 valence electrons. The summed E-state index contributed by atoms with van der Waals surface area (Å²) < 4.78 is 0. The van der Waals surface area contributed by atoms with Crippen molar-refractivity contribution in [2.75, 3.05) is 6.54 Å². The van der Waals surface area contributed by atoms with Crippen LogP contribution in [-0.4, -0.2) is 34.6 Å². The highest BCUT2D eigenvalue weighted by molar-refractivity contribution is 5.87. The summed E-state index contributed by atoms with van der Waals surface area (Å²) in [5.74, 6) is -1.07. The smallest absolute Gasteiger partial charge is 0.333 e. The van der Waals surface area contributed by atoms with Crippen LogP contribution in [0.1, 0.15) is 32.3 Å². The second kappa shape index (κ2) is 5.53. The van der Waals surface area contributed by atoms with E-state index < -0.39 is 11.5 Å². The molecule has 0 heterocycles. The molecular formula is C15H20N2O3. The van der Waals surface area contributed by atoms with E-state index in [2.05, 4.69) is 5.32 Å². The number of benzene rings is 1. The molecule has 5 heteroatoms. The number of nitrogens with one attached hydrogen (secondary N) is 1. The van der Waals surface area contributed by atoms with Crippen LogP contribution in [0.4, 0.5) is 4.79 Å². The fourth-order valence-electron chi connectivity index (χ4n) is 2.26. The van der Waals surface area contributed by atoms with Crippen LogP contribution in [0.15, 0.2) is 30.3 Å². The first-order valence-electron chi connectivity index (χ1n) is 6.86. The zero-order chi connectivity index (χ0) is 14.8. The van der Waals surface area contributed by atoms with Gasteiger partial charge in [-0.15, -0.1) is 0 Å². The second-order valence-electron chi connectivity index (χ2n) is 5.24. The number of hydrogen-bond acceptors (Lipinski definition) is 2. The maximum absolute atomic E-state index is 12.3. The number of amides is 2. The van der Waals surface area contributed by atoms with Crippen LogP contribution in [0, 0.1) is 0 Å². The summed E-state index contributed by atoms with van der Waals surface area (Å²) in [5.41, 5.74) is -0.853. The molecule has 1 atom stereocenters. The molecule has 0 radical (unpaired) electrons. The van der Waals surface area contributed by atoms with Gasteiger partial charge in [0.25, 0.3) is 0 Å². The quantitative estimate of drug-likeness (QED) is 0.866. The van der Waals surface area contributed by atoms with Gasteiger partial charge in [0.2, 0.25) is 0 Å². The van der Waals surface area contributed by atoms with Crippen molar-refractivity contribution in [3.8, 4) is 0 Å². The Morgan fingerprint density at radius 2 is 1.95 bits per heavy atom. The van der Waals surface area contributed by atoms with Gasteiger partial charge in [-0.3, -0.25) is 0 Å². The number of aliphatic carboxylic acids is 1. The molecule has 1 aromatic carbocycles. The molecule has 1 unspecified atom stereocenters. The Labute approximate surface area is 118 Å². The molecule has 1 aromatic rings. The van der Waals surface area contributed by atoms with Crippen molar-refractivity contribution in [2.24, 2.45) is 0 Å². The van der Waals surface area contributed by atoms with Crippen LogP contribution in [0.5, 0.6) is 0 Å². The Morgan fingerprint density at radius 3 is 2.40 bits per heavy atom. The van der Waals surface area contributed by atoms with Gasteiger partial charge in [0.05, 0.1) is 0 Å². The largest absolute Gasteiger partial charge is 0.479 e. The normalized spacial score (nSPS) is 17.1. The van der Waals surface area contributed by atoms with Gasteiger partial charge >= 0.3 is 12.0 Å². The van der Waals surface area contributed by atoms with Gasteiger partial charge in [0.15, 0.2) is 5.54 Å². The monoisotopic (exact) mass is 276 g/mol. The van der Waals surface area contributed by atoms with Gasteiger partial charge in [-0.05, 0) is 32.3 Å². The third kappa shape index (κ3) is 2.76. The lowest BCUT2D eigenvalue weighted by atomic mass is 9.92. The van der Waals surface area contributed by atoms with Crippen LogP contribution in [0.25, 0.3) is 0 Å². The first-order chi connectivity index (χ1) is 9.49. The molecule has 2 amide bonds. The number of nitrogens with zero attached hydrogens (tertiary/aromatic N) is 1. The predicted molar refractivity (Wildman–Crippen MR) is 75.4 cm³/mol. The Balaban J connectivity index is 2.21. The number of rotatable bonds is 5. The van der Waals surface area contributed by atoms with E-state index in [1.807, 2.05) is 13.0 Å². The Kier molecular flexibility index (Phi) is 3.97. The summed E-state index contributed by atoms with van der Waals surface area (Å²) in [7, 11) is 0. The molecule has 2 rings (SSSR count). The van der Waals surface area contributed by atoms with Crippen LogP contribution in [-0.2, 0) is 10.3 Å². The summed E-state index contributed by atoms with van der Waals surface area (Å²) in [4.78, 5) is 25.6. The lowest BCUT2D eigenvalue weighted by Gasteiger charge is -2.30. The first-order valence-corrected chi connectivity index (χ1v) is 6.86. The molecule has 1 aliphatic carbocycles. The van der Waals surface area contributed by atoms with E-state index in [-0.39, 0.29) is 12.1 Å². The lowest BCUT2D eigenvalue weighted by Crippen LogP contribution is -2.54. The van der Waals surface area contributed by atoms with E-state index in [0.29, 0.717) is 12.1 Å². The molecule has 0 aromatic heterocycles. The maximum Gasteiger partial charge on any atom is 0.333 e. The number of carbonyl (C=O) groups excluding carboxylic acids is 1. The Morgan fingerprint density at radius 1 is 1.35 bits per heavy atom. The number of carboxylic acids is 1. The topological polar surface area (TPSA) is 69.6 Å². The molecule has 1 saturated carbocycles. The third-order valence-corrected chi connectivity index (χ3v) is 3.72. The van der Waals surface area contributed by atoms with Crippen molar-refractivity contribution >= 4 is 12.0 Å². The molecule has 0 saturated heterocycles. The minimum atomic E-state index is -1.42. The Hall–Kier alpha value is -2.04. The van der Waals surface area contributed by atoms with Crippen molar-refractivity contribution in [2.45, 2.75) is 38.3 Å². The van der Waals surface area contributed by atoms with E-state index in [0.717, 1.165) is 12.8 Å². The molecular weight excluding hydrogens is 256 g/mol. The van der Waals surface area contributed by atoms with Crippen LogP contribution < -0.4 is 5.32 Å². The minimum Gasteiger partial charge on any atom is -0.479 e. The van der Waals surface area contributed by atoms with Crippen LogP contribution in [0.3, 0.4) is 0 Å². The number of carboxylic acid groups (broad SMARTS) is 1. The molecule has 0 bridgehead atoms. The highest BCUT2D eigenvalue weighted by atomic mass is 16.4. The SMILES string of the molecule is CCN(C(=O)NC(C)(C(=O)O)c1ccccc1)C1CC1. The number of urea groups is 1. The summed E-state index contributed by atoms with van der Waals surface area (Å²) in [6.45, 7) is 4.00. The van der Waals surface area contributed by atoms with Crippen molar-refractivity contribution in [3.05, 3.63) is 35.9 Å². The van der Waals surface area contributed by atoms with Crippen molar-refractivity contribution in [1.82, 2.24) is 10.2 Å². The molecule has 1 fully saturated rings. The van der Waals surface area contributed by atoms with Gasteiger partial charge in [-0.1, -0.05) is 30.3 Å². The minimum absolute atomic E-state index is 0.258. The first kappa shape index (κ1) is 14.4. The van der Waals surface area contributed by atoms with E-state index in [1.54, 1.807) is 29.2 Å². The zero-order valence-corrected chi connectivity index (χ0v) is 11.8. The standard InChI is InChI=1S/C15H20N2O3/c1-3-17(12-9-10-12)14(20)16-15(2,13(18)19)11-7-5-4-6-8-11/h4-8,12H,3,9-10H2,1-2H3,(H,16,20)(H,18,19). The summed E-state index contributed by atoms with van der Waals surface area (Å²) in [5, 5.41) is 12.2. The third-order valence-electron chi connectivity index (χ3n) is 3.72. The molecule has 2 N–H and O–H groups in total. The maximum atomic E-state index is 12.3. The molecule has 20 heavy (non-hydrogen) atoms. The van der Waals surface area contributed by atoms with Crippen LogP contribution >= 0.6 is 0 Å². The molecule has 5 nitrogen and oxygen atoms in total. The Bertz CT molecular complexity index is 499. The van der Waals surface area contributed by atoms with Gasteiger partial charge in [0, 0.05) is 12.6 Å². The fourth-order valence-corrected chi connectivity index (χ4v) is 2.26. The van der Waals surface area contributed by atoms with E-state index in [1.165, 1.54) is 6.92 Å².